The fraction of sp³-hybridized carbons (Fsp3) is 0.0526. The van der Waals surface area contributed by atoms with Gasteiger partial charge in [0.25, 0.3) is 0 Å². The number of halogens is 3. The van der Waals surface area contributed by atoms with Gasteiger partial charge in [-0.05, 0) is 54.6 Å². The highest BCUT2D eigenvalue weighted by Gasteiger charge is 2.12. The van der Waals surface area contributed by atoms with E-state index in [1.165, 1.54) is 28.8 Å². The van der Waals surface area contributed by atoms with Crippen LogP contribution in [0, 0.1) is 11.6 Å². The molecule has 10 heteroatoms. The highest BCUT2D eigenvalue weighted by molar-refractivity contribution is 7.99. The number of thioether (sulfide) groups is 1. The molecule has 4 rings (SSSR count). The number of rotatable bonds is 5. The molecule has 2 heterocycles. The predicted octanol–water partition coefficient (Wildman–Crippen LogP) is 4.45. The molecule has 0 saturated heterocycles. The summed E-state index contributed by atoms with van der Waals surface area (Å²) in [5.74, 6) is -1.27. The van der Waals surface area contributed by atoms with Crippen LogP contribution in [0.1, 0.15) is 0 Å². The van der Waals surface area contributed by atoms with Gasteiger partial charge < -0.3 is 5.32 Å². The average Bonchev–Trinajstić information content (AvgIpc) is 3.12. The van der Waals surface area contributed by atoms with Gasteiger partial charge in [0.15, 0.2) is 5.65 Å². The third-order valence-corrected chi connectivity index (χ3v) is 5.14. The Kier molecular flexibility index (Phi) is 5.41. The van der Waals surface area contributed by atoms with Gasteiger partial charge in [0.05, 0.1) is 16.5 Å². The maximum atomic E-state index is 13.5. The van der Waals surface area contributed by atoms with Crippen LogP contribution >= 0.6 is 23.4 Å². The minimum Gasteiger partial charge on any atom is -0.325 e. The number of carbonyl (C=O) groups excluding carboxylic acids is 1. The van der Waals surface area contributed by atoms with Crippen LogP contribution in [-0.4, -0.2) is 31.5 Å². The Morgan fingerprint density at radius 1 is 1.07 bits per heavy atom. The van der Waals surface area contributed by atoms with Crippen LogP contribution in [0.3, 0.4) is 0 Å². The fourth-order valence-corrected chi connectivity index (χ4v) is 3.34. The summed E-state index contributed by atoms with van der Waals surface area (Å²) >= 11 is 6.76. The van der Waals surface area contributed by atoms with Crippen LogP contribution < -0.4 is 5.32 Å². The Balaban J connectivity index is 1.48. The summed E-state index contributed by atoms with van der Waals surface area (Å²) in [4.78, 5) is 12.2. The second-order valence-corrected chi connectivity index (χ2v) is 7.29. The van der Waals surface area contributed by atoms with Crippen molar-refractivity contribution in [2.24, 2.45) is 0 Å². The zero-order valence-corrected chi connectivity index (χ0v) is 16.2. The van der Waals surface area contributed by atoms with Crippen LogP contribution in [-0.2, 0) is 4.79 Å². The van der Waals surface area contributed by atoms with Crippen molar-refractivity contribution >= 4 is 40.6 Å². The first-order valence-electron chi connectivity index (χ1n) is 8.36. The summed E-state index contributed by atoms with van der Waals surface area (Å²) in [7, 11) is 0. The maximum absolute atomic E-state index is 13.5. The topological polar surface area (TPSA) is 72.2 Å². The van der Waals surface area contributed by atoms with Crippen molar-refractivity contribution in [3.05, 3.63) is 71.3 Å². The Morgan fingerprint density at radius 2 is 1.86 bits per heavy atom. The monoisotopic (exact) mass is 431 g/mol. The molecule has 0 aliphatic rings. The van der Waals surface area contributed by atoms with Gasteiger partial charge >= 0.3 is 0 Å². The number of fused-ring (bicyclic) bond motifs is 1. The zero-order valence-electron chi connectivity index (χ0n) is 14.6. The molecular formula is C19H12ClF2N5OS. The molecule has 1 amide bonds. The molecule has 0 unspecified atom stereocenters. The number of nitrogens with zero attached hydrogens (tertiary/aromatic N) is 4. The largest absolute Gasteiger partial charge is 0.325 e. The van der Waals surface area contributed by atoms with Gasteiger partial charge in [0.2, 0.25) is 11.1 Å². The van der Waals surface area contributed by atoms with Crippen molar-refractivity contribution in [2.45, 2.75) is 5.16 Å². The van der Waals surface area contributed by atoms with Crippen LogP contribution in [0.5, 0.6) is 0 Å². The number of hydrogen-bond acceptors (Lipinski definition) is 5. The van der Waals surface area contributed by atoms with E-state index in [1.54, 1.807) is 24.3 Å². The summed E-state index contributed by atoms with van der Waals surface area (Å²) in [6.07, 6.45) is 0. The molecule has 0 atom stereocenters. The van der Waals surface area contributed by atoms with Gasteiger partial charge in [0.1, 0.15) is 11.6 Å². The van der Waals surface area contributed by atoms with E-state index in [1.807, 2.05) is 0 Å². The number of anilines is 1. The number of aromatic nitrogens is 4. The fourth-order valence-electron chi connectivity index (χ4n) is 2.53. The van der Waals surface area contributed by atoms with Gasteiger partial charge in [-0.2, -0.15) is 9.61 Å². The van der Waals surface area contributed by atoms with E-state index in [4.69, 9.17) is 11.6 Å². The number of carbonyl (C=O) groups is 1. The minimum atomic E-state index is -0.613. The molecule has 0 spiro atoms. The Hall–Kier alpha value is -3.04. The molecule has 6 nitrogen and oxygen atoms in total. The first-order chi connectivity index (χ1) is 14.0. The van der Waals surface area contributed by atoms with E-state index in [-0.39, 0.29) is 22.5 Å². The first-order valence-corrected chi connectivity index (χ1v) is 9.72. The van der Waals surface area contributed by atoms with Crippen molar-refractivity contribution in [1.29, 1.82) is 0 Å². The van der Waals surface area contributed by atoms with Crippen LogP contribution in [0.4, 0.5) is 14.5 Å². The van der Waals surface area contributed by atoms with Crippen LogP contribution in [0.25, 0.3) is 16.9 Å². The summed E-state index contributed by atoms with van der Waals surface area (Å²) < 4.78 is 28.1. The molecule has 0 radical (unpaired) electrons. The lowest BCUT2D eigenvalue weighted by Crippen LogP contribution is -2.14. The Bertz CT molecular complexity index is 1200. The third-order valence-electron chi connectivity index (χ3n) is 3.91. The SMILES string of the molecule is O=C(CSc1nnc2ccc(-c3ccc(F)cc3)nn12)Nc1ccc(Cl)c(F)c1. The molecule has 4 aromatic rings. The number of benzene rings is 2. The second-order valence-electron chi connectivity index (χ2n) is 5.94. The van der Waals surface area contributed by atoms with Gasteiger partial charge in [-0.3, -0.25) is 4.79 Å². The van der Waals surface area contributed by atoms with Gasteiger partial charge in [-0.15, -0.1) is 10.2 Å². The van der Waals surface area contributed by atoms with Crippen molar-refractivity contribution in [2.75, 3.05) is 11.1 Å². The van der Waals surface area contributed by atoms with Crippen molar-refractivity contribution in [3.63, 3.8) is 0 Å². The van der Waals surface area contributed by atoms with E-state index in [9.17, 15) is 13.6 Å². The molecule has 0 bridgehead atoms. The first kappa shape index (κ1) is 19.3. The molecule has 1 N–H and O–H groups in total. The van der Waals surface area contributed by atoms with E-state index in [2.05, 4.69) is 20.6 Å². The summed E-state index contributed by atoms with van der Waals surface area (Å²) in [5, 5.41) is 15.5. The van der Waals surface area contributed by atoms with E-state index in [0.717, 1.165) is 23.4 Å². The average molecular weight is 432 g/mol. The minimum absolute atomic E-state index is 0.0182. The van der Waals surface area contributed by atoms with E-state index in [0.29, 0.717) is 22.2 Å². The molecule has 146 valence electrons. The number of hydrogen-bond donors (Lipinski definition) is 1. The van der Waals surface area contributed by atoms with Gasteiger partial charge in [-0.25, -0.2) is 8.78 Å². The molecule has 0 saturated carbocycles. The lowest BCUT2D eigenvalue weighted by Gasteiger charge is -2.06. The molecule has 29 heavy (non-hydrogen) atoms. The highest BCUT2D eigenvalue weighted by atomic mass is 35.5. The predicted molar refractivity (Wildman–Crippen MR) is 107 cm³/mol. The standard InChI is InChI=1S/C19H12ClF2N5OS/c20-14-6-5-13(9-15(14)22)23-18(28)10-29-19-25-24-17-8-7-16(26-27(17)19)11-1-3-12(21)4-2-11/h1-9H,10H2,(H,23,28). The lowest BCUT2D eigenvalue weighted by molar-refractivity contribution is -0.113. The summed E-state index contributed by atoms with van der Waals surface area (Å²) in [5.41, 5.74) is 2.17. The number of nitrogens with one attached hydrogen (secondary N) is 1. The quantitative estimate of drug-likeness (QED) is 0.472. The molecule has 0 aliphatic heterocycles. The third kappa shape index (κ3) is 4.36. The molecule has 2 aromatic carbocycles. The summed E-state index contributed by atoms with van der Waals surface area (Å²) in [6, 6.07) is 13.5. The van der Waals surface area contributed by atoms with Crippen molar-refractivity contribution in [1.82, 2.24) is 19.8 Å². The lowest BCUT2D eigenvalue weighted by atomic mass is 10.1. The highest BCUT2D eigenvalue weighted by Crippen LogP contribution is 2.22. The number of amides is 1. The van der Waals surface area contributed by atoms with E-state index >= 15 is 0 Å². The van der Waals surface area contributed by atoms with Crippen LogP contribution in [0.2, 0.25) is 5.02 Å². The maximum Gasteiger partial charge on any atom is 0.234 e. The van der Waals surface area contributed by atoms with Crippen LogP contribution in [0.15, 0.2) is 59.8 Å². The van der Waals surface area contributed by atoms with Crippen molar-refractivity contribution < 1.29 is 13.6 Å². The molecule has 2 aromatic heterocycles. The molecule has 0 fully saturated rings. The molecular weight excluding hydrogens is 420 g/mol. The molecule has 0 aliphatic carbocycles. The van der Waals surface area contributed by atoms with Gasteiger partial charge in [0, 0.05) is 11.3 Å². The smallest absolute Gasteiger partial charge is 0.234 e. The zero-order chi connectivity index (χ0) is 20.4. The van der Waals surface area contributed by atoms with E-state index < -0.39 is 5.82 Å². The van der Waals surface area contributed by atoms with Gasteiger partial charge in [-0.1, -0.05) is 23.4 Å². The normalized spacial score (nSPS) is 11.0. The van der Waals surface area contributed by atoms with Crippen molar-refractivity contribution in [3.8, 4) is 11.3 Å². The summed E-state index contributed by atoms with van der Waals surface area (Å²) in [6.45, 7) is 0. The Morgan fingerprint density at radius 3 is 2.62 bits per heavy atom. The Labute approximate surface area is 172 Å². The second kappa shape index (κ2) is 8.14.